The minimum absolute atomic E-state index is 0.306. The van der Waals surface area contributed by atoms with Crippen LogP contribution in [0.1, 0.15) is 42.8 Å². The van der Waals surface area contributed by atoms with Gasteiger partial charge in [-0.2, -0.15) is 10.2 Å². The molecule has 2 N–H and O–H groups in total. The van der Waals surface area contributed by atoms with Crippen LogP contribution in [0.25, 0.3) is 17.1 Å². The van der Waals surface area contributed by atoms with Crippen molar-refractivity contribution in [3.05, 3.63) is 59.4 Å². The van der Waals surface area contributed by atoms with Crippen LogP contribution in [0.4, 0.5) is 16.0 Å². The predicted molar refractivity (Wildman–Crippen MR) is 129 cm³/mol. The normalized spacial score (nSPS) is 14.2. The van der Waals surface area contributed by atoms with Gasteiger partial charge in [-0.1, -0.05) is 0 Å². The molecule has 1 aromatic carbocycles. The summed E-state index contributed by atoms with van der Waals surface area (Å²) in [7, 11) is 1.59. The van der Waals surface area contributed by atoms with E-state index in [0.29, 0.717) is 34.8 Å². The van der Waals surface area contributed by atoms with Gasteiger partial charge in [-0.25, -0.2) is 23.7 Å². The Labute approximate surface area is 202 Å². The third-order valence-corrected chi connectivity index (χ3v) is 6.24. The molecule has 1 unspecified atom stereocenters. The molecule has 3 aromatic heterocycles. The molecule has 10 heteroatoms. The molecule has 5 rings (SSSR count). The Morgan fingerprint density at radius 2 is 1.91 bits per heavy atom. The minimum atomic E-state index is -0.630. The van der Waals surface area contributed by atoms with E-state index in [0.717, 1.165) is 41.9 Å². The number of benzene rings is 1. The van der Waals surface area contributed by atoms with Gasteiger partial charge in [0.05, 0.1) is 18.9 Å². The van der Waals surface area contributed by atoms with Gasteiger partial charge in [0.1, 0.15) is 23.7 Å². The number of aryl methyl sites for hydroxylation is 1. The lowest BCUT2D eigenvalue weighted by Crippen LogP contribution is -2.09. The topological polar surface area (TPSA) is 103 Å². The van der Waals surface area contributed by atoms with E-state index in [9.17, 15) is 9.50 Å². The lowest BCUT2D eigenvalue weighted by atomic mass is 10.1. The third kappa shape index (κ3) is 4.49. The maximum Gasteiger partial charge on any atom is 0.189 e. The van der Waals surface area contributed by atoms with Crippen LogP contribution < -0.4 is 10.1 Å². The van der Waals surface area contributed by atoms with Crippen LogP contribution in [0.3, 0.4) is 0 Å². The minimum Gasteiger partial charge on any atom is -0.491 e. The molecule has 0 spiro atoms. The third-order valence-electron chi connectivity index (χ3n) is 6.24. The molecule has 35 heavy (non-hydrogen) atoms. The molecule has 1 aliphatic rings. The van der Waals surface area contributed by atoms with Crippen LogP contribution in [0.2, 0.25) is 0 Å². The fourth-order valence-electron chi connectivity index (χ4n) is 4.37. The van der Waals surface area contributed by atoms with Crippen molar-refractivity contribution in [3.8, 4) is 22.8 Å². The second-order valence-corrected chi connectivity index (χ2v) is 8.92. The summed E-state index contributed by atoms with van der Waals surface area (Å²) >= 11 is 0. The summed E-state index contributed by atoms with van der Waals surface area (Å²) in [5.41, 5.74) is 3.74. The van der Waals surface area contributed by atoms with Crippen molar-refractivity contribution in [2.75, 3.05) is 12.4 Å². The summed E-state index contributed by atoms with van der Waals surface area (Å²) in [6.45, 7) is 6.23. The van der Waals surface area contributed by atoms with E-state index in [-0.39, 0.29) is 5.82 Å². The molecule has 0 bridgehead atoms. The number of ether oxygens (including phenoxy) is 1. The highest BCUT2D eigenvalue weighted by Crippen LogP contribution is 2.40. The van der Waals surface area contributed by atoms with Crippen LogP contribution in [0.15, 0.2) is 36.7 Å². The van der Waals surface area contributed by atoms with Crippen molar-refractivity contribution >= 4 is 11.6 Å². The van der Waals surface area contributed by atoms with Gasteiger partial charge in [-0.3, -0.25) is 0 Å². The van der Waals surface area contributed by atoms with Gasteiger partial charge in [0.25, 0.3) is 0 Å². The van der Waals surface area contributed by atoms with Crippen molar-refractivity contribution in [1.29, 1.82) is 0 Å². The first-order valence-corrected chi connectivity index (χ1v) is 11.6. The van der Waals surface area contributed by atoms with Crippen LogP contribution in [0, 0.1) is 25.6 Å². The molecule has 1 aliphatic carbocycles. The van der Waals surface area contributed by atoms with Gasteiger partial charge in [0, 0.05) is 29.4 Å². The first kappa shape index (κ1) is 23.0. The Morgan fingerprint density at radius 3 is 2.54 bits per heavy atom. The van der Waals surface area contributed by atoms with Crippen molar-refractivity contribution < 1.29 is 14.2 Å². The van der Waals surface area contributed by atoms with E-state index >= 15 is 0 Å². The van der Waals surface area contributed by atoms with Crippen LogP contribution >= 0.6 is 0 Å². The second kappa shape index (κ2) is 9.10. The van der Waals surface area contributed by atoms with E-state index in [2.05, 4.69) is 20.4 Å². The molecular formula is C25H28FN7O2. The Hall–Kier alpha value is -3.79. The molecule has 182 valence electrons. The first-order valence-electron chi connectivity index (χ1n) is 11.6. The lowest BCUT2D eigenvalue weighted by Gasteiger charge is -2.12. The highest BCUT2D eigenvalue weighted by molar-refractivity contribution is 5.76. The molecule has 1 fully saturated rings. The average Bonchev–Trinajstić information content (AvgIpc) is 3.51. The summed E-state index contributed by atoms with van der Waals surface area (Å²) in [6.07, 6.45) is 3.16. The molecule has 4 aromatic rings. The van der Waals surface area contributed by atoms with Crippen molar-refractivity contribution in [1.82, 2.24) is 29.5 Å². The first-order chi connectivity index (χ1) is 16.9. The molecule has 0 amide bonds. The zero-order chi connectivity index (χ0) is 24.7. The average molecular weight is 478 g/mol. The predicted octanol–water partition coefficient (Wildman–Crippen LogP) is 4.50. The largest absolute Gasteiger partial charge is 0.491 e. The number of aromatic nitrogens is 6. The van der Waals surface area contributed by atoms with Crippen molar-refractivity contribution in [2.45, 2.75) is 46.3 Å². The quantitative estimate of drug-likeness (QED) is 0.385. The summed E-state index contributed by atoms with van der Waals surface area (Å²) in [6, 6.07) is 7.99. The number of halogens is 1. The summed E-state index contributed by atoms with van der Waals surface area (Å²) < 4.78 is 22.9. The number of nitrogens with one attached hydrogen (secondary N) is 1. The van der Waals surface area contributed by atoms with Crippen LogP contribution in [-0.2, 0) is 6.54 Å². The fraction of sp³-hybridized carbons (Fsp3) is 0.360. The van der Waals surface area contributed by atoms with Gasteiger partial charge in [-0.15, -0.1) is 0 Å². The van der Waals surface area contributed by atoms with Gasteiger partial charge in [0.15, 0.2) is 17.4 Å². The number of aliphatic hydroxyl groups is 1. The van der Waals surface area contributed by atoms with E-state index in [1.165, 1.54) is 18.5 Å². The number of aliphatic hydroxyl groups excluding tert-OH is 1. The summed E-state index contributed by atoms with van der Waals surface area (Å²) in [5, 5.41) is 22.9. The molecule has 0 saturated heterocycles. The SMILES string of the molecule is COc1c(-c2ccc(F)cc2)nn(CC2CC2)c1Nc1cc(-n2nc(C)c(C(C)O)c2C)ncn1. The molecule has 0 radical (unpaired) electrons. The molecule has 9 nitrogen and oxygen atoms in total. The van der Waals surface area contributed by atoms with Gasteiger partial charge < -0.3 is 15.2 Å². The molecule has 3 heterocycles. The van der Waals surface area contributed by atoms with E-state index in [1.807, 2.05) is 18.5 Å². The fourth-order valence-corrected chi connectivity index (χ4v) is 4.37. The lowest BCUT2D eigenvalue weighted by molar-refractivity contribution is 0.197. The number of hydrogen-bond donors (Lipinski definition) is 2. The Bertz CT molecular complexity index is 1360. The monoisotopic (exact) mass is 477 g/mol. The van der Waals surface area contributed by atoms with Crippen molar-refractivity contribution in [2.24, 2.45) is 5.92 Å². The highest BCUT2D eigenvalue weighted by Gasteiger charge is 2.27. The van der Waals surface area contributed by atoms with Gasteiger partial charge in [0.2, 0.25) is 0 Å². The van der Waals surface area contributed by atoms with E-state index < -0.39 is 6.10 Å². The number of methoxy groups -OCH3 is 1. The number of nitrogens with zero attached hydrogens (tertiary/aromatic N) is 6. The van der Waals surface area contributed by atoms with Gasteiger partial charge in [-0.05, 0) is 63.8 Å². The molecule has 0 aliphatic heterocycles. The summed E-state index contributed by atoms with van der Waals surface area (Å²) in [4.78, 5) is 8.79. The Kier molecular flexibility index (Phi) is 5.98. The van der Waals surface area contributed by atoms with Gasteiger partial charge >= 0.3 is 0 Å². The Balaban J connectivity index is 1.54. The zero-order valence-electron chi connectivity index (χ0n) is 20.2. The zero-order valence-corrected chi connectivity index (χ0v) is 20.2. The number of hydrogen-bond acceptors (Lipinski definition) is 7. The molecule has 1 saturated carbocycles. The van der Waals surface area contributed by atoms with Crippen molar-refractivity contribution in [3.63, 3.8) is 0 Å². The smallest absolute Gasteiger partial charge is 0.189 e. The second-order valence-electron chi connectivity index (χ2n) is 8.92. The van der Waals surface area contributed by atoms with E-state index in [4.69, 9.17) is 9.84 Å². The molecular weight excluding hydrogens is 449 g/mol. The van der Waals surface area contributed by atoms with Crippen LogP contribution in [0.5, 0.6) is 5.75 Å². The van der Waals surface area contributed by atoms with Crippen LogP contribution in [-0.4, -0.2) is 41.7 Å². The molecule has 1 atom stereocenters. The summed E-state index contributed by atoms with van der Waals surface area (Å²) in [5.74, 6) is 2.60. The van der Waals surface area contributed by atoms with E-state index in [1.54, 1.807) is 36.9 Å². The Morgan fingerprint density at radius 1 is 1.17 bits per heavy atom. The number of rotatable bonds is 8. The maximum atomic E-state index is 13.5. The number of anilines is 2. The highest BCUT2D eigenvalue weighted by atomic mass is 19.1. The maximum absolute atomic E-state index is 13.5. The standard InChI is InChI=1S/C25H28FN7O2/c1-14-22(16(3)34)15(2)33(30-14)21-11-20(27-13-28-21)29-25-24(35-4)23(18-7-9-19(26)10-8-18)31-32(25)12-17-5-6-17/h7-11,13,16-17,34H,5-6,12H2,1-4H3,(H,27,28,29).